The van der Waals surface area contributed by atoms with Crippen molar-refractivity contribution < 1.29 is 0 Å². The molecule has 0 radical (unpaired) electrons. The van der Waals surface area contributed by atoms with Gasteiger partial charge < -0.3 is 0 Å². The molecule has 0 aromatic carbocycles. The van der Waals surface area contributed by atoms with E-state index >= 15 is 0 Å². The summed E-state index contributed by atoms with van der Waals surface area (Å²) in [6.45, 7) is 0. The van der Waals surface area contributed by atoms with Gasteiger partial charge in [0.1, 0.15) is 0 Å². The molecular formula is C2H2ClN3. The second kappa shape index (κ2) is 4.34. The molecule has 6 heavy (non-hydrogen) atoms. The van der Waals surface area contributed by atoms with E-state index in [1.54, 1.807) is 0 Å². The maximum atomic E-state index is 7.55. The first-order valence-electron chi connectivity index (χ1n) is 1.21. The van der Waals surface area contributed by atoms with Gasteiger partial charge in [0.05, 0.1) is 0 Å². The minimum Gasteiger partial charge on any atom is -0.0931 e. The smallest absolute Gasteiger partial charge is 0.0122 e. The Morgan fingerprint density at radius 3 is 2.67 bits per heavy atom. The average Bonchev–Trinajstić information content (AvgIpc) is 1.61. The highest BCUT2D eigenvalue weighted by molar-refractivity contribution is 6.25. The summed E-state index contributed by atoms with van der Waals surface area (Å²) in [6, 6.07) is 0. The molecule has 0 spiro atoms. The number of halogens is 1. The summed E-state index contributed by atoms with van der Waals surface area (Å²) in [4.78, 5) is 2.38. The zero-order chi connectivity index (χ0) is 4.83. The third-order valence-electron chi connectivity index (χ3n) is 0.175. The lowest BCUT2D eigenvalue weighted by Crippen LogP contribution is -1.29. The van der Waals surface area contributed by atoms with Gasteiger partial charge in [0.2, 0.25) is 0 Å². The second-order valence-corrected chi connectivity index (χ2v) is 0.732. The van der Waals surface area contributed by atoms with E-state index in [0.29, 0.717) is 0 Å². The van der Waals surface area contributed by atoms with Gasteiger partial charge in [-0.15, -0.1) is 0 Å². The molecule has 0 aromatic rings. The van der Waals surface area contributed by atoms with Gasteiger partial charge in [-0.25, -0.2) is 0 Å². The van der Waals surface area contributed by atoms with Crippen molar-refractivity contribution in [2.45, 2.75) is 0 Å². The zero-order valence-corrected chi connectivity index (χ0v) is 3.63. The predicted molar refractivity (Wildman–Crippen MR) is 24.1 cm³/mol. The van der Waals surface area contributed by atoms with Crippen molar-refractivity contribution in [3.05, 3.63) is 22.2 Å². The molecule has 0 saturated heterocycles. The highest BCUT2D eigenvalue weighted by atomic mass is 35.5. The second-order valence-electron chi connectivity index (χ2n) is 0.480. The third-order valence-corrected chi connectivity index (χ3v) is 0.287. The molecule has 0 heterocycles. The molecule has 3 nitrogen and oxygen atoms in total. The van der Waals surface area contributed by atoms with Crippen LogP contribution in [0.25, 0.3) is 10.4 Å². The first kappa shape index (κ1) is 5.34. The minimum atomic E-state index is 1.14. The first-order chi connectivity index (χ1) is 2.91. The lowest BCUT2D eigenvalue weighted by molar-refractivity contribution is 1.52. The number of rotatable bonds is 1. The summed E-state index contributed by atoms with van der Waals surface area (Å²) in [5, 5.41) is 2.96. The summed E-state index contributed by atoms with van der Waals surface area (Å²) < 4.78 is 0. The summed E-state index contributed by atoms with van der Waals surface area (Å²) in [5.41, 5.74) is 8.68. The predicted octanol–water partition coefficient (Wildman–Crippen LogP) is 2.01. The van der Waals surface area contributed by atoms with Gasteiger partial charge in [0.15, 0.2) is 0 Å². The molecule has 0 atom stereocenters. The molecule has 0 aliphatic heterocycles. The van der Waals surface area contributed by atoms with Gasteiger partial charge in [-0.05, 0) is 5.53 Å². The summed E-state index contributed by atoms with van der Waals surface area (Å²) in [6.07, 6.45) is 1.15. The van der Waals surface area contributed by atoms with E-state index in [4.69, 9.17) is 17.1 Å². The lowest BCUT2D eigenvalue weighted by Gasteiger charge is -1.53. The van der Waals surface area contributed by atoms with E-state index in [9.17, 15) is 0 Å². The molecule has 0 fully saturated rings. The molecule has 0 rings (SSSR count). The summed E-state index contributed by atoms with van der Waals surface area (Å²) >= 11 is 4.93. The van der Waals surface area contributed by atoms with Crippen LogP contribution in [-0.4, -0.2) is 0 Å². The van der Waals surface area contributed by atoms with E-state index in [-0.39, 0.29) is 0 Å². The van der Waals surface area contributed by atoms with E-state index in [0.717, 1.165) is 11.7 Å². The fourth-order valence-electron chi connectivity index (χ4n) is 0.0550. The average molecular weight is 104 g/mol. The molecular weight excluding hydrogens is 101 g/mol. The van der Waals surface area contributed by atoms with Crippen LogP contribution in [0.1, 0.15) is 0 Å². The van der Waals surface area contributed by atoms with Gasteiger partial charge in [-0.3, -0.25) is 0 Å². The molecule has 0 amide bonds. The molecule has 4 heteroatoms. The fourth-order valence-corrected chi connectivity index (χ4v) is 0.105. The van der Waals surface area contributed by atoms with Gasteiger partial charge in [0.25, 0.3) is 0 Å². The number of nitrogens with zero attached hydrogens (tertiary/aromatic N) is 3. The van der Waals surface area contributed by atoms with E-state index < -0.39 is 0 Å². The highest BCUT2D eigenvalue weighted by Crippen LogP contribution is 1.77. The number of azide groups is 1. The van der Waals surface area contributed by atoms with Crippen LogP contribution >= 0.6 is 11.6 Å². The van der Waals surface area contributed by atoms with Crippen LogP contribution in [0.3, 0.4) is 0 Å². The monoisotopic (exact) mass is 103 g/mol. The molecule has 0 aromatic heterocycles. The van der Waals surface area contributed by atoms with Crippen LogP contribution in [-0.2, 0) is 0 Å². The maximum absolute atomic E-state index is 7.55. The molecule has 0 aliphatic carbocycles. The first-order valence-corrected chi connectivity index (χ1v) is 1.65. The Labute approximate surface area is 39.9 Å². The van der Waals surface area contributed by atoms with Crippen LogP contribution < -0.4 is 0 Å². The molecule has 0 bridgehead atoms. The van der Waals surface area contributed by atoms with Crippen molar-refractivity contribution >= 4 is 11.6 Å². The quantitative estimate of drug-likeness (QED) is 0.277. The lowest BCUT2D eigenvalue weighted by atomic mass is 11.1. The molecule has 0 saturated carbocycles. The van der Waals surface area contributed by atoms with E-state index in [1.807, 2.05) is 0 Å². The van der Waals surface area contributed by atoms with Gasteiger partial charge in [-0.2, -0.15) is 0 Å². The normalized spacial score (nSPS) is 8.17. The Balaban J connectivity index is 3.33. The highest BCUT2D eigenvalue weighted by Gasteiger charge is 1.49. The standard InChI is InChI=1S/C2H2ClN3/c3-1-2-5-6-4/h1-2H/b2-1+. The van der Waals surface area contributed by atoms with Gasteiger partial charge >= 0.3 is 0 Å². The van der Waals surface area contributed by atoms with Crippen molar-refractivity contribution in [2.24, 2.45) is 5.11 Å². The topological polar surface area (TPSA) is 48.8 Å². The number of hydrogen-bond donors (Lipinski definition) is 0. The van der Waals surface area contributed by atoms with E-state index in [2.05, 4.69) is 10.0 Å². The van der Waals surface area contributed by atoms with Crippen LogP contribution in [0.2, 0.25) is 0 Å². The zero-order valence-electron chi connectivity index (χ0n) is 2.87. The largest absolute Gasteiger partial charge is 0.0931 e. The molecule has 0 N–H and O–H groups in total. The maximum Gasteiger partial charge on any atom is 0.0122 e. The van der Waals surface area contributed by atoms with Crippen molar-refractivity contribution in [1.29, 1.82) is 0 Å². The summed E-state index contributed by atoms with van der Waals surface area (Å²) in [7, 11) is 0. The SMILES string of the molecule is [N-]=[N+]=N/C=C/Cl. The minimum absolute atomic E-state index is 1.14. The Hall–Kier alpha value is -0.660. The third kappa shape index (κ3) is 3.34. The molecule has 0 unspecified atom stereocenters. The molecule has 0 aliphatic rings. The Kier molecular flexibility index (Phi) is 3.86. The van der Waals surface area contributed by atoms with Crippen molar-refractivity contribution in [3.8, 4) is 0 Å². The summed E-state index contributed by atoms with van der Waals surface area (Å²) in [5.74, 6) is 0. The number of hydrogen-bond acceptors (Lipinski definition) is 1. The van der Waals surface area contributed by atoms with Gasteiger partial charge in [-0.1, -0.05) is 16.7 Å². The van der Waals surface area contributed by atoms with Crippen molar-refractivity contribution in [3.63, 3.8) is 0 Å². The van der Waals surface area contributed by atoms with Crippen molar-refractivity contribution in [1.82, 2.24) is 0 Å². The Morgan fingerprint density at radius 2 is 2.50 bits per heavy atom. The van der Waals surface area contributed by atoms with Crippen LogP contribution in [0.4, 0.5) is 0 Å². The van der Waals surface area contributed by atoms with Gasteiger partial charge in [0, 0.05) is 16.6 Å². The fraction of sp³-hybridized carbons (Fsp3) is 0. The molecule has 32 valence electrons. The van der Waals surface area contributed by atoms with Crippen LogP contribution in [0.5, 0.6) is 0 Å². The Bertz CT molecular complexity index is 91.0. The van der Waals surface area contributed by atoms with Crippen LogP contribution in [0, 0.1) is 0 Å². The Morgan fingerprint density at radius 1 is 1.83 bits per heavy atom. The van der Waals surface area contributed by atoms with Crippen molar-refractivity contribution in [2.75, 3.05) is 0 Å². The van der Waals surface area contributed by atoms with E-state index in [1.165, 1.54) is 0 Å². The van der Waals surface area contributed by atoms with Crippen LogP contribution in [0.15, 0.2) is 16.8 Å².